The Bertz CT molecular complexity index is 668. The molecule has 0 bridgehead atoms. The normalized spacial score (nSPS) is 23.6. The monoisotopic (exact) mass is 406 g/mol. The number of hydrogen-bond acceptors (Lipinski definition) is 6. The zero-order valence-electron chi connectivity index (χ0n) is 17.6. The van der Waals surface area contributed by atoms with E-state index in [4.69, 9.17) is 0 Å². The molecule has 160 valence electrons. The highest BCUT2D eigenvalue weighted by molar-refractivity contribution is 5.40. The molecule has 3 saturated heterocycles. The molecule has 3 rings (SSSR count). The van der Waals surface area contributed by atoms with Crippen molar-refractivity contribution in [2.75, 3.05) is 52.4 Å². The molecule has 0 radical (unpaired) electrons. The van der Waals surface area contributed by atoms with Crippen LogP contribution in [0.4, 0.5) is 8.78 Å². The second-order valence-electron chi connectivity index (χ2n) is 8.70. The molecule has 0 spiro atoms. The van der Waals surface area contributed by atoms with Crippen molar-refractivity contribution >= 4 is 0 Å². The lowest BCUT2D eigenvalue weighted by molar-refractivity contribution is 0.0120. The maximum Gasteiger partial charge on any atom is 0.261 e. The van der Waals surface area contributed by atoms with Gasteiger partial charge in [0.25, 0.3) is 5.92 Å². The van der Waals surface area contributed by atoms with E-state index >= 15 is 0 Å². The summed E-state index contributed by atoms with van der Waals surface area (Å²) in [6.45, 7) is 9.68. The van der Waals surface area contributed by atoms with Gasteiger partial charge in [0.1, 0.15) is 18.0 Å². The summed E-state index contributed by atoms with van der Waals surface area (Å²) in [5.41, 5.74) is 0.168. The van der Waals surface area contributed by atoms with Crippen molar-refractivity contribution in [2.24, 2.45) is 0 Å². The molecule has 0 aliphatic carbocycles. The van der Waals surface area contributed by atoms with E-state index in [1.54, 1.807) is 0 Å². The lowest BCUT2D eigenvalue weighted by atomic mass is 10.0. The van der Waals surface area contributed by atoms with Crippen LogP contribution in [-0.4, -0.2) is 90.0 Å². The van der Waals surface area contributed by atoms with Crippen molar-refractivity contribution in [3.63, 3.8) is 0 Å². The topological polar surface area (TPSA) is 60.5 Å². The Hall–Kier alpha value is -1.90. The smallest absolute Gasteiger partial charge is 0.261 e. The standard InChI is InChI=1S/C21H32F2N6/c1-17(2)27-9-4-19(5-10-27)29-13-12-28(20(29)18(14-24)15-25)8-3-7-26-11-6-21(22,23)16-26/h17,19H,3-13,16H2,1-2H3. The average Bonchev–Trinajstić information content (AvgIpc) is 3.26. The Kier molecular flexibility index (Phi) is 6.97. The van der Waals surface area contributed by atoms with Gasteiger partial charge in [-0.2, -0.15) is 10.5 Å². The van der Waals surface area contributed by atoms with Crippen LogP contribution in [0.3, 0.4) is 0 Å². The molecule has 0 aromatic heterocycles. The van der Waals surface area contributed by atoms with Gasteiger partial charge in [0.05, 0.1) is 6.54 Å². The van der Waals surface area contributed by atoms with Crippen LogP contribution in [0.25, 0.3) is 0 Å². The molecule has 3 fully saturated rings. The van der Waals surface area contributed by atoms with Gasteiger partial charge in [-0.15, -0.1) is 0 Å². The molecule has 8 heteroatoms. The van der Waals surface area contributed by atoms with E-state index in [1.165, 1.54) is 0 Å². The molecular formula is C21H32F2N6. The van der Waals surface area contributed by atoms with E-state index in [-0.39, 0.29) is 18.5 Å². The van der Waals surface area contributed by atoms with Crippen LogP contribution in [0.1, 0.15) is 39.5 Å². The number of rotatable bonds is 6. The molecule has 3 aliphatic rings. The summed E-state index contributed by atoms with van der Waals surface area (Å²) in [5.74, 6) is -1.81. The number of nitriles is 2. The maximum absolute atomic E-state index is 13.4. The fourth-order valence-corrected chi connectivity index (χ4v) is 4.82. The van der Waals surface area contributed by atoms with E-state index in [1.807, 2.05) is 4.90 Å². The third-order valence-electron chi connectivity index (χ3n) is 6.45. The van der Waals surface area contributed by atoms with Crippen LogP contribution in [0.2, 0.25) is 0 Å². The molecule has 0 aromatic carbocycles. The highest BCUT2D eigenvalue weighted by atomic mass is 19.3. The first kappa shape index (κ1) is 21.8. The predicted molar refractivity (Wildman–Crippen MR) is 107 cm³/mol. The van der Waals surface area contributed by atoms with Crippen molar-refractivity contribution in [1.29, 1.82) is 10.5 Å². The molecule has 29 heavy (non-hydrogen) atoms. The lowest BCUT2D eigenvalue weighted by Gasteiger charge is -2.40. The molecule has 0 amide bonds. The van der Waals surface area contributed by atoms with Crippen LogP contribution in [0.15, 0.2) is 11.4 Å². The minimum atomic E-state index is -2.56. The van der Waals surface area contributed by atoms with E-state index in [0.29, 0.717) is 31.7 Å². The third-order valence-corrected chi connectivity index (χ3v) is 6.45. The van der Waals surface area contributed by atoms with Crippen molar-refractivity contribution in [3.8, 4) is 12.1 Å². The first-order chi connectivity index (χ1) is 13.8. The molecule has 0 unspecified atom stereocenters. The Morgan fingerprint density at radius 1 is 1.07 bits per heavy atom. The number of halogens is 2. The molecule has 3 aliphatic heterocycles. The second kappa shape index (κ2) is 9.28. The first-order valence-electron chi connectivity index (χ1n) is 10.7. The average molecular weight is 407 g/mol. The van der Waals surface area contributed by atoms with Crippen molar-refractivity contribution in [3.05, 3.63) is 11.4 Å². The molecule has 3 heterocycles. The van der Waals surface area contributed by atoms with Crippen molar-refractivity contribution in [2.45, 2.75) is 57.5 Å². The fraction of sp³-hybridized carbons (Fsp3) is 0.810. The van der Waals surface area contributed by atoms with Crippen LogP contribution in [0, 0.1) is 22.7 Å². The van der Waals surface area contributed by atoms with Gasteiger partial charge in [-0.3, -0.25) is 4.90 Å². The van der Waals surface area contributed by atoms with Gasteiger partial charge in [-0.05, 0) is 33.1 Å². The summed E-state index contributed by atoms with van der Waals surface area (Å²) in [5, 5.41) is 19.0. The van der Waals surface area contributed by atoms with E-state index < -0.39 is 5.92 Å². The number of piperidine rings is 1. The number of nitrogens with zero attached hydrogens (tertiary/aromatic N) is 6. The molecule has 0 N–H and O–H groups in total. The quantitative estimate of drug-likeness (QED) is 0.632. The highest BCUT2D eigenvalue weighted by Crippen LogP contribution is 2.30. The summed E-state index contributed by atoms with van der Waals surface area (Å²) in [6, 6.07) is 5.04. The SMILES string of the molecule is CC(C)N1CCC(N2CCN(CCCN3CCC(F)(F)C3)C2=C(C#N)C#N)CC1. The summed E-state index contributed by atoms with van der Waals surface area (Å²) < 4.78 is 26.8. The van der Waals surface area contributed by atoms with Gasteiger partial charge in [0.2, 0.25) is 0 Å². The minimum Gasteiger partial charge on any atom is -0.355 e. The highest BCUT2D eigenvalue weighted by Gasteiger charge is 2.38. The van der Waals surface area contributed by atoms with Crippen molar-refractivity contribution in [1.82, 2.24) is 19.6 Å². The van der Waals surface area contributed by atoms with Gasteiger partial charge < -0.3 is 14.7 Å². The lowest BCUT2D eigenvalue weighted by Crippen LogP contribution is -2.46. The van der Waals surface area contributed by atoms with E-state index in [0.717, 1.165) is 51.3 Å². The van der Waals surface area contributed by atoms with Crippen molar-refractivity contribution < 1.29 is 8.78 Å². The zero-order valence-corrected chi connectivity index (χ0v) is 17.6. The van der Waals surface area contributed by atoms with Gasteiger partial charge in [0.15, 0.2) is 5.57 Å². The van der Waals surface area contributed by atoms with E-state index in [2.05, 4.69) is 40.7 Å². The molecule has 0 aromatic rings. The first-order valence-corrected chi connectivity index (χ1v) is 10.7. The summed E-state index contributed by atoms with van der Waals surface area (Å²) in [4.78, 5) is 8.65. The minimum absolute atomic E-state index is 0.0578. The van der Waals surface area contributed by atoms with Gasteiger partial charge >= 0.3 is 0 Å². The van der Waals surface area contributed by atoms with Gasteiger partial charge in [-0.25, -0.2) is 8.78 Å². The maximum atomic E-state index is 13.4. The number of likely N-dealkylation sites (tertiary alicyclic amines) is 2. The summed E-state index contributed by atoms with van der Waals surface area (Å²) >= 11 is 0. The molecular weight excluding hydrogens is 374 g/mol. The number of alkyl halides is 2. The largest absolute Gasteiger partial charge is 0.355 e. The summed E-state index contributed by atoms with van der Waals surface area (Å²) in [6.07, 6.45) is 2.76. The Labute approximate surface area is 172 Å². The Balaban J connectivity index is 1.61. The van der Waals surface area contributed by atoms with Crippen LogP contribution in [0.5, 0.6) is 0 Å². The Morgan fingerprint density at radius 2 is 1.76 bits per heavy atom. The van der Waals surface area contributed by atoms with Gasteiger partial charge in [0, 0.05) is 64.3 Å². The third kappa shape index (κ3) is 5.18. The predicted octanol–water partition coefficient (Wildman–Crippen LogP) is 2.47. The van der Waals surface area contributed by atoms with Crippen LogP contribution < -0.4 is 0 Å². The fourth-order valence-electron chi connectivity index (χ4n) is 4.82. The Morgan fingerprint density at radius 3 is 2.31 bits per heavy atom. The molecule has 0 atom stereocenters. The summed E-state index contributed by atoms with van der Waals surface area (Å²) in [7, 11) is 0. The van der Waals surface area contributed by atoms with Gasteiger partial charge in [-0.1, -0.05) is 0 Å². The number of hydrogen-bond donors (Lipinski definition) is 0. The molecule has 0 saturated carbocycles. The van der Waals surface area contributed by atoms with Crippen LogP contribution in [-0.2, 0) is 0 Å². The van der Waals surface area contributed by atoms with Crippen LogP contribution >= 0.6 is 0 Å². The van der Waals surface area contributed by atoms with E-state index in [9.17, 15) is 19.3 Å². The second-order valence-corrected chi connectivity index (χ2v) is 8.70. The number of allylic oxidation sites excluding steroid dienone is 1. The zero-order chi connectivity index (χ0) is 21.0. The molecule has 6 nitrogen and oxygen atoms in total.